The van der Waals surface area contributed by atoms with E-state index in [4.69, 9.17) is 11.0 Å². The molecule has 0 aromatic heterocycles. The second-order valence-corrected chi connectivity index (χ2v) is 4.92. The predicted octanol–water partition coefficient (Wildman–Crippen LogP) is 0.201. The lowest BCUT2D eigenvalue weighted by Crippen LogP contribution is -2.41. The smallest absolute Gasteiger partial charge is 0.325 e. The molecule has 108 valence electrons. The topological polar surface area (TPSA) is 116 Å². The fourth-order valence-electron chi connectivity index (χ4n) is 2.22. The molecule has 1 atom stereocenters. The van der Waals surface area contributed by atoms with Crippen LogP contribution in [0.15, 0.2) is 24.3 Å². The molecule has 0 bridgehead atoms. The summed E-state index contributed by atoms with van der Waals surface area (Å²) in [6, 6.07) is 7.88. The van der Waals surface area contributed by atoms with Gasteiger partial charge in [0.15, 0.2) is 0 Å². The number of rotatable bonds is 4. The molecule has 1 aromatic rings. The molecular formula is C14H14N4O3. The first-order valence-corrected chi connectivity index (χ1v) is 6.31. The molecule has 1 fully saturated rings. The highest BCUT2D eigenvalue weighted by molar-refractivity contribution is 6.07. The van der Waals surface area contributed by atoms with Gasteiger partial charge in [0.25, 0.3) is 5.91 Å². The largest absolute Gasteiger partial charge is 0.370 e. The zero-order valence-corrected chi connectivity index (χ0v) is 11.4. The number of carbonyl (C=O) groups excluding carboxylic acids is 3. The molecule has 0 unspecified atom stereocenters. The highest BCUT2D eigenvalue weighted by Crippen LogP contribution is 2.29. The van der Waals surface area contributed by atoms with E-state index >= 15 is 0 Å². The van der Waals surface area contributed by atoms with E-state index in [-0.39, 0.29) is 13.0 Å². The quantitative estimate of drug-likeness (QED) is 0.769. The predicted molar refractivity (Wildman–Crippen MR) is 72.6 cm³/mol. The number of hydrogen-bond acceptors (Lipinski definition) is 4. The van der Waals surface area contributed by atoms with Gasteiger partial charge in [-0.2, -0.15) is 5.26 Å². The minimum atomic E-state index is -1.25. The Labute approximate surface area is 121 Å². The summed E-state index contributed by atoms with van der Waals surface area (Å²) in [7, 11) is 0. The Kier molecular flexibility index (Phi) is 3.63. The first-order chi connectivity index (χ1) is 9.88. The number of benzene rings is 1. The van der Waals surface area contributed by atoms with E-state index < -0.39 is 23.4 Å². The number of nitriles is 1. The number of urea groups is 1. The average Bonchev–Trinajstić information content (AvgIpc) is 2.68. The van der Waals surface area contributed by atoms with Crippen LogP contribution in [0.25, 0.3) is 0 Å². The van der Waals surface area contributed by atoms with Crippen LogP contribution in [0.2, 0.25) is 0 Å². The van der Waals surface area contributed by atoms with Gasteiger partial charge in [-0.3, -0.25) is 14.5 Å². The van der Waals surface area contributed by atoms with Gasteiger partial charge in [0.1, 0.15) is 5.54 Å². The van der Waals surface area contributed by atoms with Crippen LogP contribution in [0.3, 0.4) is 0 Å². The first kappa shape index (κ1) is 14.5. The Morgan fingerprint density at radius 1 is 1.48 bits per heavy atom. The molecule has 1 aliphatic rings. The molecule has 3 N–H and O–H groups in total. The third-order valence-electron chi connectivity index (χ3n) is 3.43. The summed E-state index contributed by atoms with van der Waals surface area (Å²) in [4.78, 5) is 36.1. The molecule has 0 spiro atoms. The Balaban J connectivity index is 2.31. The fraction of sp³-hybridized carbons (Fsp3) is 0.286. The molecule has 1 aliphatic heterocycles. The summed E-state index contributed by atoms with van der Waals surface area (Å²) < 4.78 is 0. The SMILES string of the molecule is C[C@@]1(c2cccc(C#N)c2)NC(=O)N(CCC(N)=O)C1=O. The highest BCUT2D eigenvalue weighted by atomic mass is 16.2. The van der Waals surface area contributed by atoms with Crippen molar-refractivity contribution in [1.29, 1.82) is 5.26 Å². The zero-order chi connectivity index (χ0) is 15.6. The monoisotopic (exact) mass is 286 g/mol. The maximum atomic E-state index is 12.5. The summed E-state index contributed by atoms with van der Waals surface area (Å²) in [5.41, 5.74) is 4.70. The van der Waals surface area contributed by atoms with Crippen molar-refractivity contribution in [2.75, 3.05) is 6.54 Å². The number of imide groups is 1. The number of primary amides is 1. The third kappa shape index (κ3) is 2.56. The lowest BCUT2D eigenvalue weighted by atomic mass is 9.91. The van der Waals surface area contributed by atoms with Crippen LogP contribution in [0.5, 0.6) is 0 Å². The van der Waals surface area contributed by atoms with Crippen LogP contribution in [0.4, 0.5) is 4.79 Å². The van der Waals surface area contributed by atoms with E-state index in [1.54, 1.807) is 31.2 Å². The van der Waals surface area contributed by atoms with Gasteiger partial charge in [0.05, 0.1) is 11.6 Å². The average molecular weight is 286 g/mol. The maximum absolute atomic E-state index is 12.5. The Morgan fingerprint density at radius 3 is 2.81 bits per heavy atom. The van der Waals surface area contributed by atoms with Crippen molar-refractivity contribution in [1.82, 2.24) is 10.2 Å². The van der Waals surface area contributed by atoms with Crippen molar-refractivity contribution in [2.45, 2.75) is 18.9 Å². The number of hydrogen-bond donors (Lipinski definition) is 2. The second-order valence-electron chi connectivity index (χ2n) is 4.92. The number of carbonyl (C=O) groups is 3. The van der Waals surface area contributed by atoms with E-state index in [9.17, 15) is 14.4 Å². The van der Waals surface area contributed by atoms with E-state index in [1.165, 1.54) is 0 Å². The van der Waals surface area contributed by atoms with Crippen molar-refractivity contribution in [3.05, 3.63) is 35.4 Å². The van der Waals surface area contributed by atoms with Gasteiger partial charge in [0, 0.05) is 13.0 Å². The van der Waals surface area contributed by atoms with Gasteiger partial charge in [-0.15, -0.1) is 0 Å². The van der Waals surface area contributed by atoms with Gasteiger partial charge in [-0.25, -0.2) is 4.79 Å². The van der Waals surface area contributed by atoms with Crippen LogP contribution >= 0.6 is 0 Å². The van der Waals surface area contributed by atoms with Crippen molar-refractivity contribution >= 4 is 17.8 Å². The number of nitrogens with zero attached hydrogens (tertiary/aromatic N) is 2. The van der Waals surface area contributed by atoms with Gasteiger partial charge in [-0.1, -0.05) is 12.1 Å². The van der Waals surface area contributed by atoms with Crippen LogP contribution in [-0.2, 0) is 15.1 Å². The van der Waals surface area contributed by atoms with Crippen molar-refractivity contribution < 1.29 is 14.4 Å². The minimum Gasteiger partial charge on any atom is -0.370 e. The fourth-order valence-corrected chi connectivity index (χ4v) is 2.22. The summed E-state index contributed by atoms with van der Waals surface area (Å²) >= 11 is 0. The molecule has 0 radical (unpaired) electrons. The standard InChI is InChI=1S/C14H14N4O3/c1-14(10-4-2-3-9(7-10)8-15)12(20)18(13(21)17-14)6-5-11(16)19/h2-4,7H,5-6H2,1H3,(H2,16,19)(H,17,21)/t14-/m0/s1. The lowest BCUT2D eigenvalue weighted by molar-refractivity contribution is -0.131. The maximum Gasteiger partial charge on any atom is 0.325 e. The Hall–Kier alpha value is -2.88. The van der Waals surface area contributed by atoms with Crippen LogP contribution in [-0.4, -0.2) is 29.3 Å². The highest BCUT2D eigenvalue weighted by Gasteiger charge is 2.48. The summed E-state index contributed by atoms with van der Waals surface area (Å²) in [5.74, 6) is -1.06. The minimum absolute atomic E-state index is 0.0620. The Morgan fingerprint density at radius 2 is 2.19 bits per heavy atom. The Bertz CT molecular complexity index is 664. The van der Waals surface area contributed by atoms with Gasteiger partial charge in [-0.05, 0) is 24.6 Å². The molecule has 7 nitrogen and oxygen atoms in total. The number of amides is 4. The summed E-state index contributed by atoms with van der Waals surface area (Å²) in [6.07, 6.45) is -0.0898. The number of nitrogens with one attached hydrogen (secondary N) is 1. The normalized spacial score (nSPS) is 21.0. The molecule has 1 saturated heterocycles. The van der Waals surface area contributed by atoms with E-state index in [1.807, 2.05) is 6.07 Å². The van der Waals surface area contributed by atoms with Crippen LogP contribution < -0.4 is 11.1 Å². The van der Waals surface area contributed by atoms with Gasteiger partial charge in [0.2, 0.25) is 5.91 Å². The first-order valence-electron chi connectivity index (χ1n) is 6.31. The lowest BCUT2D eigenvalue weighted by Gasteiger charge is -2.22. The molecule has 1 aromatic carbocycles. The van der Waals surface area contributed by atoms with Crippen molar-refractivity contribution in [3.8, 4) is 6.07 Å². The molecule has 0 saturated carbocycles. The summed E-state index contributed by atoms with van der Waals surface area (Å²) in [6.45, 7) is 1.50. The molecular weight excluding hydrogens is 272 g/mol. The van der Waals surface area contributed by atoms with Crippen LogP contribution in [0, 0.1) is 11.3 Å². The van der Waals surface area contributed by atoms with E-state index in [0.717, 1.165) is 4.90 Å². The third-order valence-corrected chi connectivity index (χ3v) is 3.43. The van der Waals surface area contributed by atoms with Crippen LogP contribution in [0.1, 0.15) is 24.5 Å². The molecule has 2 rings (SSSR count). The zero-order valence-electron chi connectivity index (χ0n) is 11.4. The molecule has 1 heterocycles. The molecule has 4 amide bonds. The van der Waals surface area contributed by atoms with Gasteiger partial charge >= 0.3 is 6.03 Å². The molecule has 7 heteroatoms. The number of nitrogens with two attached hydrogens (primary N) is 1. The van der Waals surface area contributed by atoms with Gasteiger partial charge < -0.3 is 11.1 Å². The molecule has 0 aliphatic carbocycles. The van der Waals surface area contributed by atoms with E-state index in [2.05, 4.69) is 5.32 Å². The van der Waals surface area contributed by atoms with Crippen molar-refractivity contribution in [2.24, 2.45) is 5.73 Å². The van der Waals surface area contributed by atoms with Crippen molar-refractivity contribution in [3.63, 3.8) is 0 Å². The summed E-state index contributed by atoms with van der Waals surface area (Å²) in [5, 5.41) is 11.5. The van der Waals surface area contributed by atoms with E-state index in [0.29, 0.717) is 11.1 Å². The molecule has 21 heavy (non-hydrogen) atoms. The second kappa shape index (κ2) is 5.25.